The van der Waals surface area contributed by atoms with Gasteiger partial charge in [-0.1, -0.05) is 31.2 Å². The summed E-state index contributed by atoms with van der Waals surface area (Å²) in [7, 11) is 0. The molecule has 0 aliphatic rings. The monoisotopic (exact) mass is 174 g/mol. The van der Waals surface area contributed by atoms with Gasteiger partial charge in [-0.2, -0.15) is 0 Å². The Hall–Kier alpha value is -1.57. The molecule has 0 saturated carbocycles. The van der Waals surface area contributed by atoms with Gasteiger partial charge in [-0.05, 0) is 19.1 Å². The van der Waals surface area contributed by atoms with Gasteiger partial charge in [0.25, 0.3) is 0 Å². The molecular formula is C11H12NO-. The summed E-state index contributed by atoms with van der Waals surface area (Å²) in [6.45, 7) is 3.33. The van der Waals surface area contributed by atoms with Crippen LogP contribution in [-0.2, 0) is 0 Å². The molecule has 2 nitrogen and oxygen atoms in total. The lowest BCUT2D eigenvalue weighted by molar-refractivity contribution is -0.301. The van der Waals surface area contributed by atoms with Crippen molar-refractivity contribution in [2.45, 2.75) is 13.8 Å². The van der Waals surface area contributed by atoms with Crippen molar-refractivity contribution in [3.63, 3.8) is 0 Å². The van der Waals surface area contributed by atoms with Crippen molar-refractivity contribution >= 4 is 11.4 Å². The van der Waals surface area contributed by atoms with Crippen molar-refractivity contribution < 1.29 is 5.11 Å². The third-order valence-corrected chi connectivity index (χ3v) is 1.47. The Kier molecular flexibility index (Phi) is 3.26. The smallest absolute Gasteiger partial charge is 0.0632 e. The van der Waals surface area contributed by atoms with Crippen molar-refractivity contribution in [3.05, 3.63) is 42.2 Å². The van der Waals surface area contributed by atoms with E-state index in [4.69, 9.17) is 0 Å². The SMILES string of the molecule is CC(/C=C(/C)[O-])=Nc1ccccc1. The summed E-state index contributed by atoms with van der Waals surface area (Å²) in [6.07, 6.45) is 1.52. The van der Waals surface area contributed by atoms with E-state index in [9.17, 15) is 5.11 Å². The lowest BCUT2D eigenvalue weighted by atomic mass is 10.3. The third kappa shape index (κ3) is 3.56. The molecule has 1 rings (SSSR count). The van der Waals surface area contributed by atoms with Crippen LogP contribution in [0.4, 0.5) is 5.69 Å². The zero-order valence-electron chi connectivity index (χ0n) is 7.82. The molecule has 0 fully saturated rings. The fourth-order valence-electron chi connectivity index (χ4n) is 1.03. The predicted molar refractivity (Wildman–Crippen MR) is 53.0 cm³/mol. The molecule has 0 N–H and O–H groups in total. The van der Waals surface area contributed by atoms with Crippen LogP contribution in [0.5, 0.6) is 0 Å². The number of aliphatic imine (C=N–C) groups is 1. The Bertz CT molecular complexity index is 321. The highest BCUT2D eigenvalue weighted by atomic mass is 16.3. The van der Waals surface area contributed by atoms with E-state index in [0.29, 0.717) is 0 Å². The molecular weight excluding hydrogens is 162 g/mol. The van der Waals surface area contributed by atoms with Gasteiger partial charge in [-0.15, -0.1) is 5.76 Å². The van der Waals surface area contributed by atoms with E-state index in [2.05, 4.69) is 4.99 Å². The average Bonchev–Trinajstić information content (AvgIpc) is 2.04. The molecule has 2 heteroatoms. The molecule has 0 aromatic heterocycles. The minimum atomic E-state index is 0.0252. The van der Waals surface area contributed by atoms with Crippen LogP contribution in [0.15, 0.2) is 47.2 Å². The third-order valence-electron chi connectivity index (χ3n) is 1.47. The first-order valence-corrected chi connectivity index (χ1v) is 4.14. The van der Waals surface area contributed by atoms with Gasteiger partial charge in [-0.3, -0.25) is 4.99 Å². The fourth-order valence-corrected chi connectivity index (χ4v) is 1.03. The van der Waals surface area contributed by atoms with Crippen molar-refractivity contribution in [1.29, 1.82) is 0 Å². The molecule has 0 aliphatic heterocycles. The van der Waals surface area contributed by atoms with Gasteiger partial charge < -0.3 is 5.11 Å². The first-order valence-electron chi connectivity index (χ1n) is 4.14. The summed E-state index contributed by atoms with van der Waals surface area (Å²) in [4.78, 5) is 4.24. The molecule has 0 heterocycles. The van der Waals surface area contributed by atoms with E-state index in [-0.39, 0.29) is 5.76 Å². The molecule has 13 heavy (non-hydrogen) atoms. The van der Waals surface area contributed by atoms with Crippen LogP contribution >= 0.6 is 0 Å². The number of nitrogens with zero attached hydrogens (tertiary/aromatic N) is 1. The second kappa shape index (κ2) is 4.45. The Labute approximate surface area is 78.3 Å². The number of allylic oxidation sites excluding steroid dienone is 2. The van der Waals surface area contributed by atoms with Gasteiger partial charge >= 0.3 is 0 Å². The molecule has 0 amide bonds. The maximum absolute atomic E-state index is 10.7. The number of rotatable bonds is 2. The lowest BCUT2D eigenvalue weighted by Gasteiger charge is -2.02. The Balaban J connectivity index is 2.83. The van der Waals surface area contributed by atoms with Crippen molar-refractivity contribution in [3.8, 4) is 0 Å². The number of hydrogen-bond donors (Lipinski definition) is 0. The molecule has 0 radical (unpaired) electrons. The van der Waals surface area contributed by atoms with Crippen LogP contribution in [0.1, 0.15) is 13.8 Å². The van der Waals surface area contributed by atoms with Gasteiger partial charge in [0, 0.05) is 5.71 Å². The summed E-state index contributed by atoms with van der Waals surface area (Å²) in [5, 5.41) is 10.7. The second-order valence-corrected chi connectivity index (χ2v) is 2.84. The van der Waals surface area contributed by atoms with Crippen LogP contribution in [0, 0.1) is 0 Å². The van der Waals surface area contributed by atoms with E-state index in [1.165, 1.54) is 13.0 Å². The summed E-state index contributed by atoms with van der Waals surface area (Å²) < 4.78 is 0. The van der Waals surface area contributed by atoms with Crippen molar-refractivity contribution in [2.75, 3.05) is 0 Å². The fraction of sp³-hybridized carbons (Fsp3) is 0.182. The van der Waals surface area contributed by atoms with Crippen LogP contribution in [0.2, 0.25) is 0 Å². The highest BCUT2D eigenvalue weighted by Gasteiger charge is 1.86. The summed E-state index contributed by atoms with van der Waals surface area (Å²) in [5.74, 6) is 0.0252. The average molecular weight is 174 g/mol. The zero-order valence-corrected chi connectivity index (χ0v) is 7.82. The maximum atomic E-state index is 10.7. The minimum absolute atomic E-state index is 0.0252. The topological polar surface area (TPSA) is 35.4 Å². The quantitative estimate of drug-likeness (QED) is 0.499. The van der Waals surface area contributed by atoms with E-state index in [1.54, 1.807) is 0 Å². The molecule has 1 aromatic carbocycles. The van der Waals surface area contributed by atoms with E-state index < -0.39 is 0 Å². The minimum Gasteiger partial charge on any atom is -0.876 e. The van der Waals surface area contributed by atoms with Crippen LogP contribution in [0.3, 0.4) is 0 Å². The highest BCUT2D eigenvalue weighted by Crippen LogP contribution is 2.10. The van der Waals surface area contributed by atoms with Gasteiger partial charge in [0.2, 0.25) is 0 Å². The number of para-hydroxylation sites is 1. The van der Waals surface area contributed by atoms with Crippen molar-refractivity contribution in [1.82, 2.24) is 0 Å². The zero-order chi connectivity index (χ0) is 9.68. The largest absolute Gasteiger partial charge is 0.876 e. The molecule has 0 bridgehead atoms. The molecule has 0 spiro atoms. The van der Waals surface area contributed by atoms with Gasteiger partial charge in [-0.25, -0.2) is 0 Å². The second-order valence-electron chi connectivity index (χ2n) is 2.84. The first-order chi connectivity index (χ1) is 6.18. The summed E-state index contributed by atoms with van der Waals surface area (Å²) >= 11 is 0. The Morgan fingerprint density at radius 2 is 1.85 bits per heavy atom. The predicted octanol–water partition coefficient (Wildman–Crippen LogP) is 2.04. The van der Waals surface area contributed by atoms with E-state index in [1.807, 2.05) is 37.3 Å². The molecule has 68 valence electrons. The van der Waals surface area contributed by atoms with Gasteiger partial charge in [0.15, 0.2) is 0 Å². The standard InChI is InChI=1S/C11H13NO/c1-9(8-10(2)13)12-11-6-4-3-5-7-11/h3-8,13H,1-2H3/p-1/b10-8-,12-9?. The molecule has 0 unspecified atom stereocenters. The molecule has 0 saturated heterocycles. The van der Waals surface area contributed by atoms with E-state index >= 15 is 0 Å². The van der Waals surface area contributed by atoms with Crippen LogP contribution in [0.25, 0.3) is 0 Å². The maximum Gasteiger partial charge on any atom is 0.0632 e. The normalized spacial score (nSPS) is 13.1. The van der Waals surface area contributed by atoms with E-state index in [0.717, 1.165) is 11.4 Å². The molecule has 0 atom stereocenters. The lowest BCUT2D eigenvalue weighted by Crippen LogP contribution is -2.00. The molecule has 1 aromatic rings. The number of hydrogen-bond acceptors (Lipinski definition) is 2. The van der Waals surface area contributed by atoms with Gasteiger partial charge in [0.1, 0.15) is 0 Å². The first kappa shape index (κ1) is 9.52. The Morgan fingerprint density at radius 3 is 2.38 bits per heavy atom. The summed E-state index contributed by atoms with van der Waals surface area (Å²) in [6, 6.07) is 9.57. The number of benzene rings is 1. The van der Waals surface area contributed by atoms with Crippen LogP contribution in [-0.4, -0.2) is 5.71 Å². The highest BCUT2D eigenvalue weighted by molar-refractivity contribution is 5.94. The van der Waals surface area contributed by atoms with Crippen LogP contribution < -0.4 is 5.11 Å². The summed E-state index contributed by atoms with van der Waals surface area (Å²) in [5.41, 5.74) is 1.61. The Morgan fingerprint density at radius 1 is 1.23 bits per heavy atom. The van der Waals surface area contributed by atoms with Crippen molar-refractivity contribution in [2.24, 2.45) is 4.99 Å². The van der Waals surface area contributed by atoms with Gasteiger partial charge in [0.05, 0.1) is 5.69 Å². The molecule has 0 aliphatic carbocycles.